The van der Waals surface area contributed by atoms with Crippen LogP contribution in [0.15, 0.2) is 18.2 Å². The number of hydrogen-bond donors (Lipinski definition) is 1. The standard InChI is InChI=1S/C13H14Cl2O4/c1-18-5-2-6-19-13-9(3-4-12(16)17)7-10(14)8-11(13)15/h3-4,7-8H,2,5-6H2,1H3,(H,16,17)/b4-3+. The van der Waals surface area contributed by atoms with Gasteiger partial charge in [-0.2, -0.15) is 0 Å². The molecule has 0 aliphatic carbocycles. The lowest BCUT2D eigenvalue weighted by Crippen LogP contribution is -2.03. The van der Waals surface area contributed by atoms with Crippen molar-refractivity contribution in [2.24, 2.45) is 0 Å². The van der Waals surface area contributed by atoms with Crippen LogP contribution in [0.5, 0.6) is 5.75 Å². The summed E-state index contributed by atoms with van der Waals surface area (Å²) in [4.78, 5) is 10.5. The van der Waals surface area contributed by atoms with E-state index in [9.17, 15) is 4.79 Å². The molecule has 0 unspecified atom stereocenters. The molecule has 0 spiro atoms. The average molecular weight is 305 g/mol. The Morgan fingerprint density at radius 2 is 2.11 bits per heavy atom. The van der Waals surface area contributed by atoms with E-state index in [-0.39, 0.29) is 0 Å². The molecule has 0 aliphatic rings. The number of hydrogen-bond acceptors (Lipinski definition) is 3. The monoisotopic (exact) mass is 304 g/mol. The minimum absolute atomic E-state index is 0.343. The van der Waals surface area contributed by atoms with Crippen LogP contribution < -0.4 is 4.74 Å². The maximum atomic E-state index is 10.5. The lowest BCUT2D eigenvalue weighted by atomic mass is 10.2. The van der Waals surface area contributed by atoms with Crippen molar-refractivity contribution in [3.63, 3.8) is 0 Å². The Hall–Kier alpha value is -1.23. The Morgan fingerprint density at radius 3 is 2.74 bits per heavy atom. The van der Waals surface area contributed by atoms with E-state index in [4.69, 9.17) is 37.8 Å². The molecule has 19 heavy (non-hydrogen) atoms. The Kier molecular flexibility index (Phi) is 6.70. The van der Waals surface area contributed by atoms with E-state index < -0.39 is 5.97 Å². The average Bonchev–Trinajstić information content (AvgIpc) is 2.34. The fraction of sp³-hybridized carbons (Fsp3) is 0.308. The maximum absolute atomic E-state index is 10.5. The molecular weight excluding hydrogens is 291 g/mol. The number of benzene rings is 1. The second-order valence-electron chi connectivity index (χ2n) is 3.67. The molecule has 4 nitrogen and oxygen atoms in total. The predicted molar refractivity (Wildman–Crippen MR) is 75.1 cm³/mol. The van der Waals surface area contributed by atoms with Crippen molar-refractivity contribution in [2.75, 3.05) is 20.3 Å². The number of rotatable bonds is 7. The summed E-state index contributed by atoms with van der Waals surface area (Å²) in [5.74, 6) is -0.638. The van der Waals surface area contributed by atoms with E-state index in [1.165, 1.54) is 6.08 Å². The van der Waals surface area contributed by atoms with Crippen LogP contribution in [0.4, 0.5) is 0 Å². The zero-order chi connectivity index (χ0) is 14.3. The van der Waals surface area contributed by atoms with Gasteiger partial charge in [0.15, 0.2) is 0 Å². The minimum Gasteiger partial charge on any atom is -0.491 e. The van der Waals surface area contributed by atoms with Gasteiger partial charge in [-0.15, -0.1) is 0 Å². The van der Waals surface area contributed by atoms with Crippen LogP contribution in [0.2, 0.25) is 10.0 Å². The van der Waals surface area contributed by atoms with Gasteiger partial charge in [0.2, 0.25) is 0 Å². The third kappa shape index (κ3) is 5.51. The normalized spacial score (nSPS) is 10.9. The number of ether oxygens (including phenoxy) is 2. The highest BCUT2D eigenvalue weighted by Gasteiger charge is 2.09. The number of carboxylic acid groups (broad SMARTS) is 1. The van der Waals surface area contributed by atoms with Gasteiger partial charge in [0, 0.05) is 36.8 Å². The molecule has 1 aromatic rings. The van der Waals surface area contributed by atoms with Gasteiger partial charge in [-0.3, -0.25) is 0 Å². The zero-order valence-electron chi connectivity index (χ0n) is 10.4. The molecule has 1 rings (SSSR count). The lowest BCUT2D eigenvalue weighted by Gasteiger charge is -2.11. The fourth-order valence-corrected chi connectivity index (χ4v) is 1.96. The number of halogens is 2. The molecule has 0 bridgehead atoms. The van der Waals surface area contributed by atoms with Crippen molar-refractivity contribution in [1.82, 2.24) is 0 Å². The van der Waals surface area contributed by atoms with Crippen molar-refractivity contribution in [3.8, 4) is 5.75 Å². The molecule has 0 saturated heterocycles. The van der Waals surface area contributed by atoms with Crippen LogP contribution in [0, 0.1) is 0 Å². The zero-order valence-corrected chi connectivity index (χ0v) is 11.9. The van der Waals surface area contributed by atoms with Gasteiger partial charge in [-0.25, -0.2) is 4.79 Å². The van der Waals surface area contributed by atoms with Crippen molar-refractivity contribution < 1.29 is 19.4 Å². The van der Waals surface area contributed by atoms with Gasteiger partial charge in [0.05, 0.1) is 11.6 Å². The molecule has 0 fully saturated rings. The van der Waals surface area contributed by atoms with Crippen molar-refractivity contribution in [3.05, 3.63) is 33.8 Å². The summed E-state index contributed by atoms with van der Waals surface area (Å²) < 4.78 is 10.5. The van der Waals surface area contributed by atoms with E-state index in [0.29, 0.717) is 41.0 Å². The minimum atomic E-state index is -1.05. The molecule has 0 atom stereocenters. The summed E-state index contributed by atoms with van der Waals surface area (Å²) in [5.41, 5.74) is 0.525. The van der Waals surface area contributed by atoms with E-state index in [0.717, 1.165) is 6.08 Å². The summed E-state index contributed by atoms with van der Waals surface area (Å²) in [5, 5.41) is 9.40. The summed E-state index contributed by atoms with van der Waals surface area (Å²) in [6.07, 6.45) is 3.10. The van der Waals surface area contributed by atoms with Gasteiger partial charge in [0.1, 0.15) is 5.75 Å². The number of aliphatic carboxylic acids is 1. The van der Waals surface area contributed by atoms with Gasteiger partial charge in [-0.1, -0.05) is 23.2 Å². The number of carboxylic acids is 1. The van der Waals surface area contributed by atoms with Crippen LogP contribution in [-0.2, 0) is 9.53 Å². The topological polar surface area (TPSA) is 55.8 Å². The van der Waals surface area contributed by atoms with Crippen molar-refractivity contribution in [1.29, 1.82) is 0 Å². The van der Waals surface area contributed by atoms with Crippen LogP contribution in [0.25, 0.3) is 6.08 Å². The molecule has 0 amide bonds. The van der Waals surface area contributed by atoms with Crippen molar-refractivity contribution in [2.45, 2.75) is 6.42 Å². The Bertz CT molecular complexity index is 472. The summed E-state index contributed by atoms with van der Waals surface area (Å²) in [6.45, 7) is 0.995. The molecule has 1 aromatic carbocycles. The van der Waals surface area contributed by atoms with Gasteiger partial charge >= 0.3 is 5.97 Å². The Balaban J connectivity index is 2.89. The van der Waals surface area contributed by atoms with E-state index >= 15 is 0 Å². The Labute approximate surface area is 121 Å². The number of carbonyl (C=O) groups is 1. The van der Waals surface area contributed by atoms with Crippen LogP contribution in [0.1, 0.15) is 12.0 Å². The second-order valence-corrected chi connectivity index (χ2v) is 4.52. The van der Waals surface area contributed by atoms with E-state index in [2.05, 4.69) is 0 Å². The predicted octanol–water partition coefficient (Wildman–Crippen LogP) is 3.51. The fourth-order valence-electron chi connectivity index (χ4n) is 1.39. The molecule has 1 N–H and O–H groups in total. The first kappa shape index (κ1) is 15.8. The summed E-state index contributed by atoms with van der Waals surface area (Å²) in [6, 6.07) is 3.14. The smallest absolute Gasteiger partial charge is 0.328 e. The molecule has 0 aromatic heterocycles. The third-order valence-corrected chi connectivity index (χ3v) is 2.68. The highest BCUT2D eigenvalue weighted by molar-refractivity contribution is 6.35. The molecule has 6 heteroatoms. The quantitative estimate of drug-likeness (QED) is 0.618. The van der Waals surface area contributed by atoms with Crippen molar-refractivity contribution >= 4 is 35.2 Å². The highest BCUT2D eigenvalue weighted by atomic mass is 35.5. The Morgan fingerprint density at radius 1 is 1.37 bits per heavy atom. The van der Waals surface area contributed by atoms with Gasteiger partial charge in [0.25, 0.3) is 0 Å². The van der Waals surface area contributed by atoms with Crippen LogP contribution in [0.3, 0.4) is 0 Å². The van der Waals surface area contributed by atoms with Gasteiger partial charge < -0.3 is 14.6 Å². The first-order valence-electron chi connectivity index (χ1n) is 5.56. The van der Waals surface area contributed by atoms with E-state index in [1.54, 1.807) is 19.2 Å². The lowest BCUT2D eigenvalue weighted by molar-refractivity contribution is -0.131. The molecular formula is C13H14Cl2O4. The summed E-state index contributed by atoms with van der Waals surface area (Å²) in [7, 11) is 1.61. The molecule has 0 radical (unpaired) electrons. The number of methoxy groups -OCH3 is 1. The first-order valence-corrected chi connectivity index (χ1v) is 6.32. The molecule has 0 aliphatic heterocycles. The summed E-state index contributed by atoms with van der Waals surface area (Å²) >= 11 is 11.9. The second kappa shape index (κ2) is 8.04. The third-order valence-electron chi connectivity index (χ3n) is 2.18. The SMILES string of the molecule is COCCCOc1c(Cl)cc(Cl)cc1/C=C/C(=O)O. The highest BCUT2D eigenvalue weighted by Crippen LogP contribution is 2.33. The maximum Gasteiger partial charge on any atom is 0.328 e. The molecule has 0 heterocycles. The molecule has 104 valence electrons. The van der Waals surface area contributed by atoms with Crippen LogP contribution >= 0.6 is 23.2 Å². The van der Waals surface area contributed by atoms with Crippen LogP contribution in [-0.4, -0.2) is 31.4 Å². The molecule has 0 saturated carbocycles. The first-order chi connectivity index (χ1) is 9.04. The van der Waals surface area contributed by atoms with Gasteiger partial charge in [-0.05, 0) is 18.2 Å². The largest absolute Gasteiger partial charge is 0.491 e. The van der Waals surface area contributed by atoms with E-state index in [1.807, 2.05) is 0 Å².